The lowest BCUT2D eigenvalue weighted by Crippen LogP contribution is -2.65. The van der Waals surface area contributed by atoms with E-state index in [0.717, 1.165) is 73.9 Å². The first kappa shape index (κ1) is 36.5. The van der Waals surface area contributed by atoms with Crippen LogP contribution in [0.2, 0.25) is 0 Å². The fourth-order valence-corrected chi connectivity index (χ4v) is 10.5. The molecule has 2 aliphatic carbocycles. The van der Waals surface area contributed by atoms with Crippen LogP contribution in [0, 0.1) is 11.8 Å². The topological polar surface area (TPSA) is 187 Å². The van der Waals surface area contributed by atoms with Gasteiger partial charge in [-0.3, -0.25) is 19.0 Å². The first-order valence-electron chi connectivity index (χ1n) is 17.9. The molecule has 52 heavy (non-hydrogen) atoms. The van der Waals surface area contributed by atoms with Gasteiger partial charge in [0.05, 0.1) is 25.5 Å². The Bertz CT molecular complexity index is 1990. The van der Waals surface area contributed by atoms with Crippen molar-refractivity contribution < 1.29 is 47.0 Å². The summed E-state index contributed by atoms with van der Waals surface area (Å²) in [4.78, 5) is 45.1. The zero-order valence-corrected chi connectivity index (χ0v) is 30.5. The van der Waals surface area contributed by atoms with E-state index >= 15 is 0 Å². The highest BCUT2D eigenvalue weighted by atomic mass is 32.2. The number of hydrogen-bond acceptors (Lipinski definition) is 10. The van der Waals surface area contributed by atoms with Crippen molar-refractivity contribution in [2.75, 3.05) is 33.5 Å². The van der Waals surface area contributed by atoms with Crippen LogP contribution in [0.15, 0.2) is 42.6 Å². The second-order valence-corrected chi connectivity index (χ2v) is 16.8. The number of H-pyrrole nitrogens is 1. The van der Waals surface area contributed by atoms with Gasteiger partial charge in [-0.15, -0.1) is 0 Å². The molecule has 8 aliphatic rings. The molecule has 11 rings (SSSR count). The van der Waals surface area contributed by atoms with Crippen molar-refractivity contribution >= 4 is 38.6 Å². The Labute approximate surface area is 303 Å². The number of piperidine rings is 5. The summed E-state index contributed by atoms with van der Waals surface area (Å²) in [5, 5.41) is 0.909. The second-order valence-electron chi connectivity index (χ2n) is 15.4. The van der Waals surface area contributed by atoms with Crippen LogP contribution in [-0.2, 0) is 36.3 Å². The number of nitrogens with zero attached hydrogens (tertiary/aromatic N) is 2. The number of rotatable bonds is 3. The molecule has 7 heterocycles. The van der Waals surface area contributed by atoms with Crippen molar-refractivity contribution in [2.45, 2.75) is 87.1 Å². The average molecular weight is 738 g/mol. The lowest BCUT2D eigenvalue weighted by atomic mass is 9.52. The highest BCUT2D eigenvalue weighted by Crippen LogP contribution is 2.63. The highest BCUT2D eigenvalue weighted by molar-refractivity contribution is 7.85. The van der Waals surface area contributed by atoms with Gasteiger partial charge in [-0.2, -0.15) is 8.42 Å². The van der Waals surface area contributed by atoms with Gasteiger partial charge in [0, 0.05) is 71.4 Å². The number of para-hydroxylation sites is 1. The SMILES string of the molecule is COc1ccc2c3c1O[C@H]1C(=O)CC[C@H]4[C@@H](C2)N(C)CC[C@]314.CS(=O)(=O)O.O.O=C(OC1C[C@@H]2CC3C[C@H](C1)N2CC3=O)c1c[nH]c2ccccc12. The number of esters is 1. The minimum absolute atomic E-state index is 0. The summed E-state index contributed by atoms with van der Waals surface area (Å²) >= 11 is 0. The number of methoxy groups -OCH3 is 1. The molecular weight excluding hydrogens is 690 g/mol. The number of hydrogen-bond donors (Lipinski definition) is 2. The molecule has 4 N–H and O–H groups in total. The monoisotopic (exact) mass is 737 g/mol. The van der Waals surface area contributed by atoms with Crippen LogP contribution in [-0.4, -0.2) is 115 Å². The molecule has 13 nitrogen and oxygen atoms in total. The van der Waals surface area contributed by atoms with E-state index in [1.165, 1.54) is 11.1 Å². The zero-order chi connectivity index (χ0) is 35.8. The van der Waals surface area contributed by atoms with Crippen molar-refractivity contribution in [2.24, 2.45) is 11.8 Å². The summed E-state index contributed by atoms with van der Waals surface area (Å²) in [5.74, 6) is 2.86. The Morgan fingerprint density at radius 3 is 2.46 bits per heavy atom. The number of likely N-dealkylation sites (tertiary alicyclic amines) is 1. The number of nitrogens with one attached hydrogen (secondary N) is 1. The molecule has 1 aromatic heterocycles. The van der Waals surface area contributed by atoms with Gasteiger partial charge in [0.2, 0.25) is 0 Å². The predicted octanol–water partition coefficient (Wildman–Crippen LogP) is 3.13. The Hall–Kier alpha value is -3.82. The Morgan fingerprint density at radius 1 is 1.06 bits per heavy atom. The number of carbonyl (C=O) groups excluding carboxylic acids is 3. The van der Waals surface area contributed by atoms with Crippen molar-refractivity contribution in [3.05, 3.63) is 59.3 Å². The number of aromatic nitrogens is 1. The molecule has 5 saturated heterocycles. The fraction of sp³-hybridized carbons (Fsp3) is 0.553. The van der Waals surface area contributed by atoms with E-state index in [-0.39, 0.29) is 40.8 Å². The first-order valence-corrected chi connectivity index (χ1v) is 19.8. The highest BCUT2D eigenvalue weighted by Gasteiger charge is 2.65. The molecule has 3 unspecified atom stereocenters. The van der Waals surface area contributed by atoms with E-state index in [9.17, 15) is 22.8 Å². The number of ether oxygens (including phenoxy) is 3. The third kappa shape index (κ3) is 6.11. The van der Waals surface area contributed by atoms with E-state index in [1.54, 1.807) is 13.3 Å². The summed E-state index contributed by atoms with van der Waals surface area (Å²) in [5.41, 5.74) is 4.13. The molecule has 9 atom stereocenters. The summed E-state index contributed by atoms with van der Waals surface area (Å²) in [6.45, 7) is 1.65. The van der Waals surface area contributed by atoms with Gasteiger partial charge in [0.15, 0.2) is 23.4 Å². The van der Waals surface area contributed by atoms with Gasteiger partial charge < -0.3 is 29.6 Å². The maximum Gasteiger partial charge on any atom is 0.340 e. The van der Waals surface area contributed by atoms with Crippen LogP contribution in [0.4, 0.5) is 0 Å². The van der Waals surface area contributed by atoms with Gasteiger partial charge in [0.25, 0.3) is 10.1 Å². The Morgan fingerprint density at radius 2 is 1.77 bits per heavy atom. The molecule has 6 fully saturated rings. The molecule has 1 spiro atoms. The molecule has 6 bridgehead atoms. The molecule has 280 valence electrons. The van der Waals surface area contributed by atoms with Crippen LogP contribution >= 0.6 is 0 Å². The first-order chi connectivity index (χ1) is 24.4. The lowest BCUT2D eigenvalue weighted by molar-refractivity contribution is -0.145. The predicted molar refractivity (Wildman–Crippen MR) is 191 cm³/mol. The summed E-state index contributed by atoms with van der Waals surface area (Å²) < 4.78 is 43.5. The maximum absolute atomic E-state index is 12.6. The zero-order valence-electron chi connectivity index (χ0n) is 29.7. The lowest BCUT2D eigenvalue weighted by Gasteiger charge is -2.57. The number of carbonyl (C=O) groups is 3. The number of benzene rings is 2. The van der Waals surface area contributed by atoms with Gasteiger partial charge in [-0.1, -0.05) is 24.3 Å². The van der Waals surface area contributed by atoms with E-state index in [2.05, 4.69) is 27.9 Å². The molecule has 1 saturated carbocycles. The van der Waals surface area contributed by atoms with E-state index < -0.39 is 10.1 Å². The van der Waals surface area contributed by atoms with Crippen LogP contribution in [0.25, 0.3) is 10.9 Å². The molecule has 2 aromatic carbocycles. The van der Waals surface area contributed by atoms with E-state index in [0.29, 0.717) is 54.6 Å². The molecule has 3 aromatic rings. The van der Waals surface area contributed by atoms with Crippen LogP contribution < -0.4 is 9.47 Å². The van der Waals surface area contributed by atoms with Crippen molar-refractivity contribution in [1.29, 1.82) is 0 Å². The van der Waals surface area contributed by atoms with Gasteiger partial charge in [-0.25, -0.2) is 4.79 Å². The average Bonchev–Trinajstić information content (AvgIpc) is 3.67. The van der Waals surface area contributed by atoms with Gasteiger partial charge in [-0.05, 0) is 69.3 Å². The molecule has 0 radical (unpaired) electrons. The van der Waals surface area contributed by atoms with Crippen LogP contribution in [0.3, 0.4) is 0 Å². The van der Waals surface area contributed by atoms with Crippen LogP contribution in [0.5, 0.6) is 11.5 Å². The van der Waals surface area contributed by atoms with Crippen molar-refractivity contribution in [3.8, 4) is 11.5 Å². The third-order valence-electron chi connectivity index (χ3n) is 12.6. The number of aromatic amines is 1. The maximum atomic E-state index is 12.6. The largest absolute Gasteiger partial charge is 0.493 e. The van der Waals surface area contributed by atoms with Crippen LogP contribution in [0.1, 0.15) is 66.4 Å². The third-order valence-corrected chi connectivity index (χ3v) is 12.6. The molecule has 6 aliphatic heterocycles. The molecular formula is C38H47N3O10S. The number of ketones is 2. The smallest absolute Gasteiger partial charge is 0.340 e. The van der Waals surface area contributed by atoms with Crippen molar-refractivity contribution in [1.82, 2.24) is 14.8 Å². The van der Waals surface area contributed by atoms with E-state index in [4.69, 9.17) is 18.8 Å². The van der Waals surface area contributed by atoms with E-state index in [1.807, 2.05) is 30.3 Å². The normalized spacial score (nSPS) is 33.3. The number of fused-ring (bicyclic) bond motifs is 2. The second kappa shape index (κ2) is 13.5. The molecule has 0 amide bonds. The number of likely N-dealkylation sites (N-methyl/N-ethyl adjacent to an activating group) is 1. The quantitative estimate of drug-likeness (QED) is 0.297. The minimum Gasteiger partial charge on any atom is -0.493 e. The fourth-order valence-electron chi connectivity index (χ4n) is 10.5. The number of Topliss-reactive ketones (excluding diaryl/α,β-unsaturated/α-hetero) is 2. The van der Waals surface area contributed by atoms with Crippen molar-refractivity contribution in [3.63, 3.8) is 0 Å². The Balaban J connectivity index is 0.000000142. The summed E-state index contributed by atoms with van der Waals surface area (Å²) in [6, 6.07) is 13.3. The standard InChI is InChI=1S/C19H20N2O3.C18H21NO3.CH4O3S.H2O/c22-18-10-21-12-5-11(18)6-13(21)8-14(7-12)24-19(23)16-9-20-17-4-2-1-3-15(16)17;1-19-8-7-18-11-4-5-13(20)17(18)22-16-14(21-2)6-3-10(15(16)18)9-12(11)19;1-5(2,3)4;/h1-4,9,11-14,20H,5-8,10H2;3,6,11-12,17H,4-5,7-9H2,1-2H3;1H3,(H,2,3,4);1H2/t11?,12-,13+,14?;11-,12+,17-,18-;;/m.0../s1. The summed E-state index contributed by atoms with van der Waals surface area (Å²) in [6.07, 6.45) is 9.48. The summed E-state index contributed by atoms with van der Waals surface area (Å²) in [7, 11) is 0.245. The minimum atomic E-state index is -3.67. The van der Waals surface area contributed by atoms with Gasteiger partial charge >= 0.3 is 5.97 Å². The molecule has 14 heteroatoms. The van der Waals surface area contributed by atoms with Gasteiger partial charge in [0.1, 0.15) is 11.9 Å². The Kier molecular flexibility index (Phi) is 9.52.